The fourth-order valence-corrected chi connectivity index (χ4v) is 1.49. The zero-order valence-electron chi connectivity index (χ0n) is 8.30. The molecule has 1 aromatic carbocycles. The number of halogens is 1. The Hall–Kier alpha value is -2.17. The SMILES string of the molecule is O=C(O)Cn1cncc1-c1ccccc1F. The van der Waals surface area contributed by atoms with Crippen molar-refractivity contribution >= 4 is 5.97 Å². The predicted molar refractivity (Wildman–Crippen MR) is 55.3 cm³/mol. The number of nitrogens with zero attached hydrogens (tertiary/aromatic N) is 2. The summed E-state index contributed by atoms with van der Waals surface area (Å²) in [6.45, 7) is -0.232. The maximum Gasteiger partial charge on any atom is 0.323 e. The molecule has 0 bridgehead atoms. The summed E-state index contributed by atoms with van der Waals surface area (Å²) in [6.07, 6.45) is 2.82. The maximum atomic E-state index is 13.5. The quantitative estimate of drug-likeness (QED) is 0.857. The Morgan fingerprint density at radius 3 is 2.88 bits per heavy atom. The van der Waals surface area contributed by atoms with E-state index in [0.717, 1.165) is 0 Å². The van der Waals surface area contributed by atoms with Crippen molar-refractivity contribution in [3.8, 4) is 11.3 Å². The zero-order valence-corrected chi connectivity index (χ0v) is 8.30. The number of hydrogen-bond donors (Lipinski definition) is 1. The minimum Gasteiger partial charge on any atom is -0.480 e. The van der Waals surface area contributed by atoms with E-state index in [1.54, 1.807) is 18.2 Å². The van der Waals surface area contributed by atoms with Gasteiger partial charge in [-0.1, -0.05) is 12.1 Å². The van der Waals surface area contributed by atoms with Crippen molar-refractivity contribution in [1.29, 1.82) is 0 Å². The fraction of sp³-hybridized carbons (Fsp3) is 0.0909. The van der Waals surface area contributed by atoms with Gasteiger partial charge in [0.1, 0.15) is 12.4 Å². The van der Waals surface area contributed by atoms with Gasteiger partial charge < -0.3 is 9.67 Å². The van der Waals surface area contributed by atoms with Crippen LogP contribution in [0.3, 0.4) is 0 Å². The summed E-state index contributed by atoms with van der Waals surface area (Å²) in [5.41, 5.74) is 0.807. The van der Waals surface area contributed by atoms with Gasteiger partial charge in [-0.3, -0.25) is 4.79 Å². The van der Waals surface area contributed by atoms with Gasteiger partial charge in [-0.2, -0.15) is 0 Å². The molecule has 0 aliphatic heterocycles. The van der Waals surface area contributed by atoms with Crippen molar-refractivity contribution in [2.75, 3.05) is 0 Å². The van der Waals surface area contributed by atoms with E-state index in [2.05, 4.69) is 4.98 Å². The number of benzene rings is 1. The third kappa shape index (κ3) is 1.93. The summed E-state index contributed by atoms with van der Waals surface area (Å²) in [4.78, 5) is 14.4. The average molecular weight is 220 g/mol. The van der Waals surface area contributed by atoms with Crippen LogP contribution in [0.2, 0.25) is 0 Å². The minimum atomic E-state index is -0.990. The van der Waals surface area contributed by atoms with E-state index in [9.17, 15) is 9.18 Å². The molecule has 2 aromatic rings. The van der Waals surface area contributed by atoms with E-state index in [1.807, 2.05) is 0 Å². The van der Waals surface area contributed by atoms with Crippen LogP contribution in [0.5, 0.6) is 0 Å². The molecule has 0 fully saturated rings. The van der Waals surface area contributed by atoms with Crippen molar-refractivity contribution < 1.29 is 14.3 Å². The van der Waals surface area contributed by atoms with Crippen LogP contribution in [-0.4, -0.2) is 20.6 Å². The number of carboxylic acid groups (broad SMARTS) is 1. The number of carboxylic acids is 1. The second-order valence-electron chi connectivity index (χ2n) is 3.28. The Balaban J connectivity index is 2.45. The van der Waals surface area contributed by atoms with Crippen LogP contribution >= 0.6 is 0 Å². The van der Waals surface area contributed by atoms with Gasteiger partial charge in [-0.15, -0.1) is 0 Å². The molecule has 0 aliphatic carbocycles. The smallest absolute Gasteiger partial charge is 0.323 e. The lowest BCUT2D eigenvalue weighted by Crippen LogP contribution is -2.09. The van der Waals surface area contributed by atoms with Gasteiger partial charge in [0.25, 0.3) is 0 Å². The highest BCUT2D eigenvalue weighted by molar-refractivity contribution is 5.68. The molecule has 0 saturated carbocycles. The van der Waals surface area contributed by atoms with E-state index in [-0.39, 0.29) is 6.54 Å². The Bertz CT molecular complexity index is 522. The van der Waals surface area contributed by atoms with Gasteiger partial charge in [-0.25, -0.2) is 9.37 Å². The highest BCUT2D eigenvalue weighted by Gasteiger charge is 2.11. The third-order valence-corrected chi connectivity index (χ3v) is 2.17. The molecule has 0 radical (unpaired) electrons. The minimum absolute atomic E-state index is 0.232. The molecule has 0 aliphatic rings. The summed E-state index contributed by atoms with van der Waals surface area (Å²) in [5, 5.41) is 8.68. The first kappa shape index (κ1) is 10.4. The van der Waals surface area contributed by atoms with E-state index in [0.29, 0.717) is 11.3 Å². The number of rotatable bonds is 3. The summed E-state index contributed by atoms with van der Waals surface area (Å²) in [5.74, 6) is -1.38. The van der Waals surface area contributed by atoms with Crippen LogP contribution in [0.15, 0.2) is 36.8 Å². The van der Waals surface area contributed by atoms with E-state index in [1.165, 1.54) is 23.2 Å². The van der Waals surface area contributed by atoms with Crippen molar-refractivity contribution in [1.82, 2.24) is 9.55 Å². The van der Waals surface area contributed by atoms with Gasteiger partial charge >= 0.3 is 5.97 Å². The lowest BCUT2D eigenvalue weighted by Gasteiger charge is -2.05. The molecule has 0 amide bonds. The number of aromatic nitrogens is 2. The van der Waals surface area contributed by atoms with Gasteiger partial charge in [-0.05, 0) is 12.1 Å². The molecule has 16 heavy (non-hydrogen) atoms. The normalized spacial score (nSPS) is 10.3. The molecule has 4 nitrogen and oxygen atoms in total. The Morgan fingerprint density at radius 1 is 1.44 bits per heavy atom. The molecule has 0 atom stereocenters. The van der Waals surface area contributed by atoms with E-state index in [4.69, 9.17) is 5.11 Å². The van der Waals surface area contributed by atoms with Gasteiger partial charge in [0.2, 0.25) is 0 Å². The zero-order chi connectivity index (χ0) is 11.5. The largest absolute Gasteiger partial charge is 0.480 e. The second-order valence-corrected chi connectivity index (χ2v) is 3.28. The van der Waals surface area contributed by atoms with Gasteiger partial charge in [0.05, 0.1) is 18.2 Å². The van der Waals surface area contributed by atoms with E-state index < -0.39 is 11.8 Å². The lowest BCUT2D eigenvalue weighted by atomic mass is 10.1. The molecular formula is C11H9FN2O2. The fourth-order valence-electron chi connectivity index (χ4n) is 1.49. The number of imidazole rings is 1. The standard InChI is InChI=1S/C11H9FN2O2/c12-9-4-2-1-3-8(9)10-5-13-7-14(10)6-11(15)16/h1-5,7H,6H2,(H,15,16). The van der Waals surface area contributed by atoms with Crippen LogP contribution in [0.4, 0.5) is 4.39 Å². The summed E-state index contributed by atoms with van der Waals surface area (Å²) < 4.78 is 14.9. The molecule has 1 heterocycles. The van der Waals surface area contributed by atoms with Crippen LogP contribution in [0.25, 0.3) is 11.3 Å². The Kier molecular flexibility index (Phi) is 2.68. The molecule has 2 rings (SSSR count). The summed E-state index contributed by atoms with van der Waals surface area (Å²) in [6, 6.07) is 6.19. The van der Waals surface area contributed by atoms with E-state index >= 15 is 0 Å². The van der Waals surface area contributed by atoms with Crippen LogP contribution in [0, 0.1) is 5.82 Å². The molecule has 0 unspecified atom stereocenters. The number of carbonyl (C=O) groups is 1. The first-order chi connectivity index (χ1) is 7.68. The first-order valence-electron chi connectivity index (χ1n) is 4.65. The topological polar surface area (TPSA) is 55.1 Å². The van der Waals surface area contributed by atoms with Gasteiger partial charge in [0, 0.05) is 5.56 Å². The molecular weight excluding hydrogens is 211 g/mol. The van der Waals surface area contributed by atoms with Crippen LogP contribution < -0.4 is 0 Å². The number of aliphatic carboxylic acids is 1. The number of hydrogen-bond acceptors (Lipinski definition) is 2. The molecule has 1 aromatic heterocycles. The third-order valence-electron chi connectivity index (χ3n) is 2.17. The molecule has 5 heteroatoms. The van der Waals surface area contributed by atoms with Gasteiger partial charge in [0.15, 0.2) is 0 Å². The average Bonchev–Trinajstić information content (AvgIpc) is 2.66. The lowest BCUT2D eigenvalue weighted by molar-refractivity contribution is -0.137. The van der Waals surface area contributed by atoms with Crippen molar-refractivity contribution in [2.24, 2.45) is 0 Å². The molecule has 0 spiro atoms. The molecule has 1 N–H and O–H groups in total. The van der Waals surface area contributed by atoms with Crippen LogP contribution in [-0.2, 0) is 11.3 Å². The van der Waals surface area contributed by atoms with Crippen LogP contribution in [0.1, 0.15) is 0 Å². The summed E-state index contributed by atoms with van der Waals surface area (Å²) >= 11 is 0. The molecule has 0 saturated heterocycles. The maximum absolute atomic E-state index is 13.5. The van der Waals surface area contributed by atoms with Crippen molar-refractivity contribution in [3.05, 3.63) is 42.6 Å². The van der Waals surface area contributed by atoms with Crippen molar-refractivity contribution in [2.45, 2.75) is 6.54 Å². The monoisotopic (exact) mass is 220 g/mol. The first-order valence-corrected chi connectivity index (χ1v) is 4.65. The van der Waals surface area contributed by atoms with Crippen molar-refractivity contribution in [3.63, 3.8) is 0 Å². The highest BCUT2D eigenvalue weighted by Crippen LogP contribution is 2.21. The predicted octanol–water partition coefficient (Wildman–Crippen LogP) is 1.77. The Morgan fingerprint density at radius 2 is 2.19 bits per heavy atom. The molecule has 82 valence electrons. The Labute approximate surface area is 91.0 Å². The second kappa shape index (κ2) is 4.14. The highest BCUT2D eigenvalue weighted by atomic mass is 19.1. The summed E-state index contributed by atoms with van der Waals surface area (Å²) in [7, 11) is 0.